The zero-order valence-corrected chi connectivity index (χ0v) is 21.4. The van der Waals surface area contributed by atoms with Crippen LogP contribution >= 0.6 is 12.4 Å². The first-order valence-corrected chi connectivity index (χ1v) is 11.9. The number of aromatic nitrogens is 2. The molecule has 11 heteroatoms. The van der Waals surface area contributed by atoms with Crippen molar-refractivity contribution in [1.82, 2.24) is 20.4 Å². The molecule has 3 heterocycles. The Kier molecular flexibility index (Phi) is 8.19. The van der Waals surface area contributed by atoms with Gasteiger partial charge >= 0.3 is 0 Å². The van der Waals surface area contributed by atoms with Gasteiger partial charge in [0.1, 0.15) is 11.9 Å². The summed E-state index contributed by atoms with van der Waals surface area (Å²) >= 11 is 0. The summed E-state index contributed by atoms with van der Waals surface area (Å²) in [4.78, 5) is 12.7. The number of ether oxygens (including phenoxy) is 2. The standard InChI is InChI=1S/C26H29F2N5O3.ClH/c1-35-22-7-6-16(11-23(22)36-2)19-12-21(25(27)28)33-24(31-19)13-20(32-33)15-4-3-5-17(10-15)26(34)30-18-8-9-29-14-18;/h3-7,10-11,13,18-19,21,25,29,31H,8-9,12,14H2,1-2H3,(H,30,34);1H/t18-,19?,21?;/m0./s1. The molecular formula is C26H30ClF2N5O3. The Balaban J connectivity index is 0.00000320. The topological polar surface area (TPSA) is 89.4 Å². The van der Waals surface area contributed by atoms with Gasteiger partial charge in [-0.15, -0.1) is 12.4 Å². The van der Waals surface area contributed by atoms with E-state index in [-0.39, 0.29) is 36.8 Å². The molecule has 2 aromatic carbocycles. The summed E-state index contributed by atoms with van der Waals surface area (Å²) in [5, 5.41) is 14.1. The second-order valence-electron chi connectivity index (χ2n) is 9.05. The third-order valence-corrected chi connectivity index (χ3v) is 6.77. The van der Waals surface area contributed by atoms with E-state index < -0.39 is 12.5 Å². The number of hydrogen-bond donors (Lipinski definition) is 3. The fourth-order valence-corrected chi connectivity index (χ4v) is 4.84. The van der Waals surface area contributed by atoms with Gasteiger partial charge in [-0.2, -0.15) is 5.10 Å². The van der Waals surface area contributed by atoms with Crippen molar-refractivity contribution in [3.8, 4) is 22.8 Å². The number of amides is 1. The molecule has 0 saturated carbocycles. The number of carbonyl (C=O) groups excluding carboxylic acids is 1. The highest BCUT2D eigenvalue weighted by Gasteiger charge is 2.35. The number of nitrogens with zero attached hydrogens (tertiary/aromatic N) is 2. The number of alkyl halides is 2. The molecule has 37 heavy (non-hydrogen) atoms. The van der Waals surface area contributed by atoms with Crippen molar-refractivity contribution in [2.45, 2.75) is 37.4 Å². The summed E-state index contributed by atoms with van der Waals surface area (Å²) in [6.07, 6.45) is -1.56. The number of halogens is 3. The monoisotopic (exact) mass is 533 g/mol. The van der Waals surface area contributed by atoms with Crippen LogP contribution in [0.5, 0.6) is 11.5 Å². The van der Waals surface area contributed by atoms with Crippen molar-refractivity contribution in [2.75, 3.05) is 32.6 Å². The van der Waals surface area contributed by atoms with Gasteiger partial charge in [0.2, 0.25) is 0 Å². The lowest BCUT2D eigenvalue weighted by atomic mass is 9.97. The van der Waals surface area contributed by atoms with Gasteiger partial charge in [-0.05, 0) is 49.2 Å². The van der Waals surface area contributed by atoms with Crippen molar-refractivity contribution in [3.63, 3.8) is 0 Å². The second kappa shape index (κ2) is 11.4. The molecule has 1 saturated heterocycles. The molecule has 3 aromatic rings. The maximum atomic E-state index is 14.1. The highest BCUT2D eigenvalue weighted by molar-refractivity contribution is 5.95. The highest BCUT2D eigenvalue weighted by atomic mass is 35.5. The van der Waals surface area contributed by atoms with Crippen molar-refractivity contribution in [2.24, 2.45) is 0 Å². The molecule has 3 atom stereocenters. The summed E-state index contributed by atoms with van der Waals surface area (Å²) in [6.45, 7) is 1.63. The third-order valence-electron chi connectivity index (χ3n) is 6.77. The van der Waals surface area contributed by atoms with Gasteiger partial charge in [0.05, 0.1) is 26.0 Å². The lowest BCUT2D eigenvalue weighted by molar-refractivity contribution is 0.0659. The lowest BCUT2D eigenvalue weighted by Crippen LogP contribution is -2.36. The predicted octanol–water partition coefficient (Wildman–Crippen LogP) is 4.44. The highest BCUT2D eigenvalue weighted by Crippen LogP contribution is 2.41. The SMILES string of the molecule is COc1ccc(C2CC(C(F)F)n3nc(-c4cccc(C(=O)N[C@H]5CCNC5)c4)cc3N2)cc1OC.Cl. The summed E-state index contributed by atoms with van der Waals surface area (Å²) in [6, 6.07) is 12.9. The van der Waals surface area contributed by atoms with Gasteiger partial charge in [0.15, 0.2) is 11.5 Å². The maximum Gasteiger partial charge on any atom is 0.260 e. The summed E-state index contributed by atoms with van der Waals surface area (Å²) in [7, 11) is 3.09. The van der Waals surface area contributed by atoms with Crippen LogP contribution in [0, 0.1) is 0 Å². The zero-order chi connectivity index (χ0) is 25.2. The van der Waals surface area contributed by atoms with E-state index in [2.05, 4.69) is 21.0 Å². The molecule has 3 N–H and O–H groups in total. The Hall–Kier alpha value is -3.37. The van der Waals surface area contributed by atoms with Gasteiger partial charge in [-0.25, -0.2) is 13.5 Å². The Morgan fingerprint density at radius 2 is 1.95 bits per heavy atom. The van der Waals surface area contributed by atoms with E-state index >= 15 is 0 Å². The number of nitrogens with one attached hydrogen (secondary N) is 3. The third kappa shape index (κ3) is 5.50. The van der Waals surface area contributed by atoms with Gasteiger partial charge in [-0.3, -0.25) is 4.79 Å². The maximum absolute atomic E-state index is 14.1. The number of hydrogen-bond acceptors (Lipinski definition) is 6. The number of anilines is 1. The molecule has 1 amide bonds. The molecule has 2 aliphatic heterocycles. The molecule has 0 spiro atoms. The Bertz CT molecular complexity index is 1250. The Morgan fingerprint density at radius 1 is 1.14 bits per heavy atom. The van der Waals surface area contributed by atoms with Gasteiger partial charge in [-0.1, -0.05) is 18.2 Å². The van der Waals surface area contributed by atoms with Crippen LogP contribution < -0.4 is 25.4 Å². The molecule has 2 unspecified atom stereocenters. The first-order valence-electron chi connectivity index (χ1n) is 11.9. The largest absolute Gasteiger partial charge is 0.493 e. The fraction of sp³-hybridized carbons (Fsp3) is 0.385. The van der Waals surface area contributed by atoms with Crippen LogP contribution in [0.25, 0.3) is 11.3 Å². The Morgan fingerprint density at radius 3 is 2.65 bits per heavy atom. The molecule has 198 valence electrons. The minimum Gasteiger partial charge on any atom is -0.493 e. The van der Waals surface area contributed by atoms with E-state index in [9.17, 15) is 13.6 Å². The lowest BCUT2D eigenvalue weighted by Gasteiger charge is -2.32. The molecule has 8 nitrogen and oxygen atoms in total. The molecule has 0 bridgehead atoms. The fourth-order valence-electron chi connectivity index (χ4n) is 4.84. The molecule has 5 rings (SSSR count). The number of fused-ring (bicyclic) bond motifs is 1. The molecular weight excluding hydrogens is 504 g/mol. The number of benzene rings is 2. The molecule has 0 radical (unpaired) electrons. The van der Waals surface area contributed by atoms with Crippen molar-refractivity contribution >= 4 is 24.1 Å². The van der Waals surface area contributed by atoms with Crippen molar-refractivity contribution < 1.29 is 23.0 Å². The average molecular weight is 534 g/mol. The second-order valence-corrected chi connectivity index (χ2v) is 9.05. The van der Waals surface area contributed by atoms with Crippen LogP contribution in [-0.2, 0) is 0 Å². The molecule has 0 aliphatic carbocycles. The van der Waals surface area contributed by atoms with Crippen LogP contribution in [0.1, 0.15) is 40.8 Å². The normalized spacial score (nSPS) is 20.5. The van der Waals surface area contributed by atoms with E-state index in [1.807, 2.05) is 12.1 Å². The first-order chi connectivity index (χ1) is 17.5. The van der Waals surface area contributed by atoms with Crippen molar-refractivity contribution in [3.05, 3.63) is 59.7 Å². The zero-order valence-electron chi connectivity index (χ0n) is 20.5. The quantitative estimate of drug-likeness (QED) is 0.416. The van der Waals surface area contributed by atoms with Gasteiger partial charge in [0, 0.05) is 29.8 Å². The molecule has 1 fully saturated rings. The smallest absolute Gasteiger partial charge is 0.260 e. The number of carbonyl (C=O) groups is 1. The van der Waals surface area contributed by atoms with Crippen LogP contribution in [0.4, 0.5) is 14.6 Å². The number of methoxy groups -OCH3 is 2. The molecule has 2 aliphatic rings. The van der Waals surface area contributed by atoms with E-state index in [0.29, 0.717) is 34.1 Å². The minimum absolute atomic E-state index is 0. The van der Waals surface area contributed by atoms with E-state index in [1.165, 1.54) is 11.8 Å². The Labute approximate surface area is 220 Å². The van der Waals surface area contributed by atoms with Crippen LogP contribution in [-0.4, -0.2) is 55.5 Å². The van der Waals surface area contributed by atoms with Gasteiger partial charge < -0.3 is 25.4 Å². The van der Waals surface area contributed by atoms with Crippen LogP contribution in [0.15, 0.2) is 48.5 Å². The van der Waals surface area contributed by atoms with E-state index in [0.717, 1.165) is 25.1 Å². The first kappa shape index (κ1) is 26.7. The predicted molar refractivity (Wildman–Crippen MR) is 139 cm³/mol. The number of rotatable bonds is 7. The minimum atomic E-state index is -2.60. The summed E-state index contributed by atoms with van der Waals surface area (Å²) in [5.74, 6) is 1.44. The summed E-state index contributed by atoms with van der Waals surface area (Å²) < 4.78 is 40.3. The van der Waals surface area contributed by atoms with Gasteiger partial charge in [0.25, 0.3) is 12.3 Å². The van der Waals surface area contributed by atoms with E-state index in [1.54, 1.807) is 43.5 Å². The van der Waals surface area contributed by atoms with Crippen LogP contribution in [0.3, 0.4) is 0 Å². The van der Waals surface area contributed by atoms with E-state index in [4.69, 9.17) is 9.47 Å². The average Bonchev–Trinajstić information content (AvgIpc) is 3.57. The van der Waals surface area contributed by atoms with Crippen molar-refractivity contribution in [1.29, 1.82) is 0 Å². The molecule has 1 aromatic heterocycles. The summed E-state index contributed by atoms with van der Waals surface area (Å²) in [5.41, 5.74) is 2.53. The van der Waals surface area contributed by atoms with Crippen LogP contribution in [0.2, 0.25) is 0 Å².